The van der Waals surface area contributed by atoms with E-state index in [-0.39, 0.29) is 11.5 Å². The number of pyridine rings is 2. The Bertz CT molecular complexity index is 1040. The van der Waals surface area contributed by atoms with E-state index >= 15 is 0 Å². The van der Waals surface area contributed by atoms with Gasteiger partial charge in [-0.15, -0.1) is 0 Å². The van der Waals surface area contributed by atoms with Crippen molar-refractivity contribution >= 4 is 22.6 Å². The van der Waals surface area contributed by atoms with Crippen molar-refractivity contribution in [1.29, 1.82) is 0 Å². The molecule has 2 aromatic heterocycles. The van der Waals surface area contributed by atoms with Gasteiger partial charge in [0.25, 0.3) is 5.56 Å². The maximum absolute atomic E-state index is 12.6. The highest BCUT2D eigenvalue weighted by atomic mass is 16.2. The summed E-state index contributed by atoms with van der Waals surface area (Å²) in [4.78, 5) is 36.3. The molecule has 3 heterocycles. The highest BCUT2D eigenvalue weighted by molar-refractivity contribution is 5.80. The number of aromatic nitrogens is 2. The molecule has 1 saturated heterocycles. The van der Waals surface area contributed by atoms with Gasteiger partial charge in [0, 0.05) is 49.9 Å². The molecule has 3 aromatic rings. The van der Waals surface area contributed by atoms with Gasteiger partial charge < -0.3 is 14.8 Å². The fourth-order valence-corrected chi connectivity index (χ4v) is 3.67. The Balaban J connectivity index is 1.36. The SMILES string of the molecule is Cc1ccc2cc(CCC(=O)N3CCN(c4ccccn4)CC3)c(=O)[nH]c2c1. The molecule has 1 aromatic carbocycles. The number of aryl methyl sites for hydroxylation is 2. The van der Waals surface area contributed by atoms with Crippen LogP contribution in [0.15, 0.2) is 53.5 Å². The smallest absolute Gasteiger partial charge is 0.251 e. The number of amides is 1. The molecule has 0 radical (unpaired) electrons. The quantitative estimate of drug-likeness (QED) is 0.760. The second-order valence-electron chi connectivity index (χ2n) is 7.27. The summed E-state index contributed by atoms with van der Waals surface area (Å²) in [6, 6.07) is 13.8. The lowest BCUT2D eigenvalue weighted by molar-refractivity contribution is -0.131. The first-order valence-corrected chi connectivity index (χ1v) is 9.66. The number of benzene rings is 1. The molecule has 0 atom stereocenters. The highest BCUT2D eigenvalue weighted by Gasteiger charge is 2.21. The molecule has 0 saturated carbocycles. The fraction of sp³-hybridized carbons (Fsp3) is 0.318. The predicted octanol–water partition coefficient (Wildman–Crippen LogP) is 2.51. The van der Waals surface area contributed by atoms with Crippen molar-refractivity contribution in [2.75, 3.05) is 31.1 Å². The largest absolute Gasteiger partial charge is 0.353 e. The third kappa shape index (κ3) is 3.91. The summed E-state index contributed by atoms with van der Waals surface area (Å²) in [6.45, 7) is 4.92. The van der Waals surface area contributed by atoms with E-state index in [1.54, 1.807) is 6.20 Å². The molecular weight excluding hydrogens is 352 g/mol. The molecule has 6 nitrogen and oxygen atoms in total. The number of aromatic amines is 1. The van der Waals surface area contributed by atoms with Crippen LogP contribution in [0.5, 0.6) is 0 Å². The summed E-state index contributed by atoms with van der Waals surface area (Å²) in [5.41, 5.74) is 2.50. The Labute approximate surface area is 163 Å². The van der Waals surface area contributed by atoms with Crippen LogP contribution >= 0.6 is 0 Å². The second-order valence-corrected chi connectivity index (χ2v) is 7.27. The van der Waals surface area contributed by atoms with E-state index in [1.165, 1.54) is 0 Å². The van der Waals surface area contributed by atoms with Crippen molar-refractivity contribution in [1.82, 2.24) is 14.9 Å². The first kappa shape index (κ1) is 18.2. The monoisotopic (exact) mass is 376 g/mol. The molecule has 4 rings (SSSR count). The number of anilines is 1. The molecule has 1 N–H and O–H groups in total. The van der Waals surface area contributed by atoms with Crippen LogP contribution in [0, 0.1) is 6.92 Å². The first-order chi connectivity index (χ1) is 13.6. The first-order valence-electron chi connectivity index (χ1n) is 9.66. The third-order valence-electron chi connectivity index (χ3n) is 5.29. The zero-order valence-corrected chi connectivity index (χ0v) is 16.0. The third-order valence-corrected chi connectivity index (χ3v) is 5.29. The number of rotatable bonds is 4. The minimum absolute atomic E-state index is 0.101. The van der Waals surface area contributed by atoms with Gasteiger partial charge in [0.05, 0.1) is 0 Å². The highest BCUT2D eigenvalue weighted by Crippen LogP contribution is 2.15. The molecular formula is C22H24N4O2. The summed E-state index contributed by atoms with van der Waals surface area (Å²) in [5, 5.41) is 0.997. The number of hydrogen-bond acceptors (Lipinski definition) is 4. The van der Waals surface area contributed by atoms with Crippen molar-refractivity contribution < 1.29 is 4.79 Å². The Morgan fingerprint density at radius 2 is 1.93 bits per heavy atom. The number of piperazine rings is 1. The van der Waals surface area contributed by atoms with Crippen molar-refractivity contribution in [3.8, 4) is 0 Å². The van der Waals surface area contributed by atoms with E-state index in [4.69, 9.17) is 0 Å². The van der Waals surface area contributed by atoms with Gasteiger partial charge in [0.2, 0.25) is 5.91 Å². The van der Waals surface area contributed by atoms with Gasteiger partial charge in [-0.25, -0.2) is 4.98 Å². The molecule has 1 amide bonds. The maximum Gasteiger partial charge on any atom is 0.251 e. The topological polar surface area (TPSA) is 69.3 Å². The Hall–Kier alpha value is -3.15. The zero-order valence-electron chi connectivity index (χ0n) is 16.0. The van der Waals surface area contributed by atoms with Crippen LogP contribution in [0.4, 0.5) is 5.82 Å². The average Bonchev–Trinajstić information content (AvgIpc) is 2.73. The van der Waals surface area contributed by atoms with Gasteiger partial charge in [0.15, 0.2) is 0 Å². The molecule has 0 spiro atoms. The Kier molecular flexibility index (Phi) is 5.10. The van der Waals surface area contributed by atoms with Crippen molar-refractivity contribution in [3.63, 3.8) is 0 Å². The average molecular weight is 376 g/mol. The number of H-pyrrole nitrogens is 1. The van der Waals surface area contributed by atoms with Crippen LogP contribution in [0.25, 0.3) is 10.9 Å². The molecule has 1 fully saturated rings. The number of nitrogens with one attached hydrogen (secondary N) is 1. The number of carbonyl (C=O) groups excluding carboxylic acids is 1. The molecule has 0 unspecified atom stereocenters. The van der Waals surface area contributed by atoms with Gasteiger partial charge in [-0.3, -0.25) is 9.59 Å². The Morgan fingerprint density at radius 3 is 2.68 bits per heavy atom. The van der Waals surface area contributed by atoms with Crippen LogP contribution < -0.4 is 10.5 Å². The summed E-state index contributed by atoms with van der Waals surface area (Å²) in [7, 11) is 0. The summed E-state index contributed by atoms with van der Waals surface area (Å²) in [6.07, 6.45) is 2.59. The summed E-state index contributed by atoms with van der Waals surface area (Å²) < 4.78 is 0. The van der Waals surface area contributed by atoms with Gasteiger partial charge in [-0.1, -0.05) is 18.2 Å². The van der Waals surface area contributed by atoms with Gasteiger partial charge in [-0.05, 0) is 48.6 Å². The summed E-state index contributed by atoms with van der Waals surface area (Å²) >= 11 is 0. The van der Waals surface area contributed by atoms with E-state index in [9.17, 15) is 9.59 Å². The van der Waals surface area contributed by atoms with Gasteiger partial charge in [0.1, 0.15) is 5.82 Å². The molecule has 0 aliphatic carbocycles. The fourth-order valence-electron chi connectivity index (χ4n) is 3.67. The molecule has 144 valence electrons. The minimum atomic E-state index is -0.106. The van der Waals surface area contributed by atoms with E-state index in [0.717, 1.165) is 35.4 Å². The normalized spacial score (nSPS) is 14.5. The van der Waals surface area contributed by atoms with Crippen molar-refractivity contribution in [2.45, 2.75) is 19.8 Å². The second kappa shape index (κ2) is 7.84. The zero-order chi connectivity index (χ0) is 19.5. The molecule has 1 aliphatic heterocycles. The lowest BCUT2D eigenvalue weighted by atomic mass is 10.1. The van der Waals surface area contributed by atoms with Gasteiger partial charge >= 0.3 is 0 Å². The van der Waals surface area contributed by atoms with E-state index < -0.39 is 0 Å². The molecule has 6 heteroatoms. The minimum Gasteiger partial charge on any atom is -0.353 e. The van der Waals surface area contributed by atoms with Crippen molar-refractivity contribution in [3.05, 3.63) is 70.1 Å². The summed E-state index contributed by atoms with van der Waals surface area (Å²) in [5.74, 6) is 1.05. The molecule has 1 aliphatic rings. The lowest BCUT2D eigenvalue weighted by Crippen LogP contribution is -2.49. The van der Waals surface area contributed by atoms with Crippen LogP contribution in [-0.4, -0.2) is 47.0 Å². The maximum atomic E-state index is 12.6. The lowest BCUT2D eigenvalue weighted by Gasteiger charge is -2.35. The standard InChI is InChI=1S/C22H24N4O2/c1-16-5-6-17-15-18(22(28)24-19(17)14-16)7-8-21(27)26-12-10-25(11-13-26)20-4-2-3-9-23-20/h2-6,9,14-15H,7-8,10-13H2,1H3,(H,24,28). The van der Waals surface area contributed by atoms with Crippen molar-refractivity contribution in [2.24, 2.45) is 0 Å². The van der Waals surface area contributed by atoms with Gasteiger partial charge in [-0.2, -0.15) is 0 Å². The van der Waals surface area contributed by atoms with Crippen LogP contribution in [0.1, 0.15) is 17.5 Å². The molecule has 28 heavy (non-hydrogen) atoms. The van der Waals surface area contributed by atoms with E-state index in [0.29, 0.717) is 31.5 Å². The van der Waals surface area contributed by atoms with E-state index in [2.05, 4.69) is 14.9 Å². The number of nitrogens with zero attached hydrogens (tertiary/aromatic N) is 3. The van der Waals surface area contributed by atoms with Crippen LogP contribution in [-0.2, 0) is 11.2 Å². The Morgan fingerprint density at radius 1 is 1.11 bits per heavy atom. The van der Waals surface area contributed by atoms with E-state index in [1.807, 2.05) is 54.3 Å². The number of fused-ring (bicyclic) bond motifs is 1. The predicted molar refractivity (Wildman–Crippen MR) is 111 cm³/mol. The molecule has 0 bridgehead atoms. The van der Waals surface area contributed by atoms with Crippen LogP contribution in [0.2, 0.25) is 0 Å². The number of hydrogen-bond donors (Lipinski definition) is 1. The number of carbonyl (C=O) groups is 1. The van der Waals surface area contributed by atoms with Crippen LogP contribution in [0.3, 0.4) is 0 Å².